The molecule has 36 heavy (non-hydrogen) atoms. The van der Waals surface area contributed by atoms with Gasteiger partial charge in [0.1, 0.15) is 0 Å². The molecule has 6 heteroatoms. The molecule has 1 atom stereocenters. The van der Waals surface area contributed by atoms with E-state index in [1.165, 1.54) is 5.56 Å². The molecule has 0 saturated carbocycles. The summed E-state index contributed by atoms with van der Waals surface area (Å²) in [5.41, 5.74) is 6.86. The van der Waals surface area contributed by atoms with E-state index in [1.807, 2.05) is 77.8 Å². The van der Waals surface area contributed by atoms with Crippen molar-refractivity contribution in [3.8, 4) is 11.3 Å². The van der Waals surface area contributed by atoms with Gasteiger partial charge in [-0.1, -0.05) is 102 Å². The summed E-state index contributed by atoms with van der Waals surface area (Å²) in [6.07, 6.45) is 0.690. The highest BCUT2D eigenvalue weighted by Gasteiger charge is 2.33. The van der Waals surface area contributed by atoms with Crippen molar-refractivity contribution in [2.45, 2.75) is 19.4 Å². The fraction of sp³-hybridized carbons (Fsp3) is 0.100. The normalized spacial score (nSPS) is 15.4. The molecule has 1 aliphatic heterocycles. The Kier molecular flexibility index (Phi) is 5.92. The highest BCUT2D eigenvalue weighted by Crippen LogP contribution is 2.40. The number of aromatic nitrogens is 2. The molecular formula is C30H22Cl2N4. The van der Waals surface area contributed by atoms with E-state index in [0.717, 1.165) is 39.0 Å². The second kappa shape index (κ2) is 9.38. The fourth-order valence-electron chi connectivity index (χ4n) is 4.61. The largest absolute Gasteiger partial charge is 0.247 e. The molecule has 0 radical (unpaired) electrons. The van der Waals surface area contributed by atoms with Crippen LogP contribution in [0.5, 0.6) is 0 Å². The third-order valence-electron chi connectivity index (χ3n) is 6.46. The van der Waals surface area contributed by atoms with Gasteiger partial charge in [0.2, 0.25) is 5.95 Å². The lowest BCUT2D eigenvalue weighted by molar-refractivity contribution is 0.689. The molecule has 0 bridgehead atoms. The van der Waals surface area contributed by atoms with Crippen molar-refractivity contribution in [1.82, 2.24) is 9.97 Å². The zero-order chi connectivity index (χ0) is 24.6. The highest BCUT2D eigenvalue weighted by molar-refractivity contribution is 6.31. The van der Waals surface area contributed by atoms with E-state index >= 15 is 0 Å². The molecule has 6 rings (SSSR count). The van der Waals surface area contributed by atoms with Crippen LogP contribution < -0.4 is 5.01 Å². The predicted molar refractivity (Wildman–Crippen MR) is 149 cm³/mol. The summed E-state index contributed by atoms with van der Waals surface area (Å²) in [6, 6.07) is 32.0. The van der Waals surface area contributed by atoms with Crippen molar-refractivity contribution in [2.75, 3.05) is 5.01 Å². The van der Waals surface area contributed by atoms with Gasteiger partial charge in [0.15, 0.2) is 0 Å². The Balaban J connectivity index is 1.55. The summed E-state index contributed by atoms with van der Waals surface area (Å²) >= 11 is 13.0. The average molecular weight is 509 g/mol. The summed E-state index contributed by atoms with van der Waals surface area (Å²) in [5, 5.41) is 9.21. The maximum Gasteiger partial charge on any atom is 0.247 e. The summed E-state index contributed by atoms with van der Waals surface area (Å²) in [5.74, 6) is 0.524. The van der Waals surface area contributed by atoms with Crippen molar-refractivity contribution in [3.63, 3.8) is 0 Å². The summed E-state index contributed by atoms with van der Waals surface area (Å²) in [7, 11) is 0. The minimum Gasteiger partial charge on any atom is -0.223 e. The van der Waals surface area contributed by atoms with Gasteiger partial charge in [-0.05, 0) is 42.3 Å². The van der Waals surface area contributed by atoms with Crippen LogP contribution in [0.3, 0.4) is 0 Å². The Morgan fingerprint density at radius 1 is 0.778 bits per heavy atom. The van der Waals surface area contributed by atoms with Crippen LogP contribution in [-0.2, 0) is 0 Å². The average Bonchev–Trinajstić information content (AvgIpc) is 3.34. The number of hydrogen-bond acceptors (Lipinski definition) is 4. The second-order valence-corrected chi connectivity index (χ2v) is 9.74. The first-order valence-electron chi connectivity index (χ1n) is 11.8. The van der Waals surface area contributed by atoms with Crippen LogP contribution in [0, 0.1) is 6.92 Å². The number of hydrogen-bond donors (Lipinski definition) is 0. The van der Waals surface area contributed by atoms with E-state index in [4.69, 9.17) is 38.3 Å². The van der Waals surface area contributed by atoms with Gasteiger partial charge >= 0.3 is 0 Å². The molecule has 0 unspecified atom stereocenters. The van der Waals surface area contributed by atoms with Crippen LogP contribution in [0.25, 0.3) is 22.2 Å². The first-order valence-corrected chi connectivity index (χ1v) is 12.5. The van der Waals surface area contributed by atoms with Gasteiger partial charge in [-0.2, -0.15) is 5.10 Å². The molecule has 1 aromatic heterocycles. The molecule has 4 nitrogen and oxygen atoms in total. The monoisotopic (exact) mass is 508 g/mol. The second-order valence-electron chi connectivity index (χ2n) is 8.90. The molecule has 176 valence electrons. The first kappa shape index (κ1) is 22.7. The molecule has 5 aromatic rings. The zero-order valence-corrected chi connectivity index (χ0v) is 21.1. The van der Waals surface area contributed by atoms with E-state index in [9.17, 15) is 0 Å². The molecular weight excluding hydrogens is 487 g/mol. The lowest BCUT2D eigenvalue weighted by atomic mass is 9.98. The van der Waals surface area contributed by atoms with Crippen LogP contribution in [-0.4, -0.2) is 15.7 Å². The Morgan fingerprint density at radius 3 is 2.31 bits per heavy atom. The Hall–Kier alpha value is -3.73. The number of nitrogens with zero attached hydrogens (tertiary/aromatic N) is 4. The Labute approximate surface area is 219 Å². The smallest absolute Gasteiger partial charge is 0.223 e. The standard InChI is InChI=1S/C30H22Cl2N4/c1-19-11-13-20(14-12-19)27-18-28(23-9-5-6-10-25(23)32)36(35-27)30-33-26-16-15-22(31)17-24(26)29(34-30)21-7-3-2-4-8-21/h2-17,28H,18H2,1H3/t28-/m1/s1. The number of hydrazone groups is 1. The van der Waals surface area contributed by atoms with E-state index in [1.54, 1.807) is 0 Å². The number of halogens is 2. The van der Waals surface area contributed by atoms with Crippen molar-refractivity contribution >= 4 is 45.8 Å². The number of aryl methyl sites for hydroxylation is 1. The zero-order valence-electron chi connectivity index (χ0n) is 19.6. The van der Waals surface area contributed by atoms with Crippen molar-refractivity contribution in [2.24, 2.45) is 5.10 Å². The highest BCUT2D eigenvalue weighted by atomic mass is 35.5. The van der Waals surface area contributed by atoms with Gasteiger partial charge in [-0.25, -0.2) is 15.0 Å². The van der Waals surface area contributed by atoms with Gasteiger partial charge in [0, 0.05) is 27.4 Å². The third kappa shape index (κ3) is 4.23. The lowest BCUT2D eigenvalue weighted by Crippen LogP contribution is -2.21. The van der Waals surface area contributed by atoms with E-state index in [2.05, 4.69) is 31.2 Å². The number of fused-ring (bicyclic) bond motifs is 1. The van der Waals surface area contributed by atoms with Crippen LogP contribution in [0.1, 0.15) is 29.2 Å². The fourth-order valence-corrected chi connectivity index (χ4v) is 5.04. The topological polar surface area (TPSA) is 41.4 Å². The minimum absolute atomic E-state index is 0.136. The summed E-state index contributed by atoms with van der Waals surface area (Å²) < 4.78 is 0. The summed E-state index contributed by atoms with van der Waals surface area (Å²) in [4.78, 5) is 9.99. The van der Waals surface area contributed by atoms with Crippen LogP contribution in [0.2, 0.25) is 10.0 Å². The van der Waals surface area contributed by atoms with Crippen molar-refractivity contribution in [3.05, 3.63) is 124 Å². The lowest BCUT2D eigenvalue weighted by Gasteiger charge is -2.23. The number of rotatable bonds is 4. The molecule has 0 amide bonds. The van der Waals surface area contributed by atoms with Gasteiger partial charge in [0.05, 0.1) is 23.0 Å². The van der Waals surface area contributed by atoms with E-state index in [0.29, 0.717) is 22.4 Å². The molecule has 1 aliphatic rings. The van der Waals surface area contributed by atoms with E-state index in [-0.39, 0.29) is 6.04 Å². The van der Waals surface area contributed by atoms with Crippen molar-refractivity contribution < 1.29 is 0 Å². The molecule has 0 saturated heterocycles. The van der Waals surface area contributed by atoms with Gasteiger partial charge in [0.25, 0.3) is 0 Å². The SMILES string of the molecule is Cc1ccc(C2=NN(c3nc(-c4ccccc4)c4cc(Cl)ccc4n3)[C@@H](c3ccccc3Cl)C2)cc1. The van der Waals surface area contributed by atoms with Gasteiger partial charge in [-0.15, -0.1) is 0 Å². The predicted octanol–water partition coefficient (Wildman–Crippen LogP) is 8.27. The Bertz CT molecular complexity index is 1600. The third-order valence-corrected chi connectivity index (χ3v) is 7.04. The van der Waals surface area contributed by atoms with Crippen LogP contribution in [0.15, 0.2) is 102 Å². The number of benzene rings is 4. The maximum absolute atomic E-state index is 6.68. The maximum atomic E-state index is 6.68. The quantitative estimate of drug-likeness (QED) is 0.245. The first-order chi connectivity index (χ1) is 17.6. The molecule has 0 N–H and O–H groups in total. The Morgan fingerprint density at radius 2 is 1.53 bits per heavy atom. The van der Waals surface area contributed by atoms with Crippen LogP contribution in [0.4, 0.5) is 5.95 Å². The number of anilines is 1. The molecule has 0 aliphatic carbocycles. The van der Waals surface area contributed by atoms with Crippen LogP contribution >= 0.6 is 23.2 Å². The molecule has 0 spiro atoms. The van der Waals surface area contributed by atoms with Gasteiger partial charge < -0.3 is 0 Å². The molecule has 4 aromatic carbocycles. The van der Waals surface area contributed by atoms with Crippen molar-refractivity contribution in [1.29, 1.82) is 0 Å². The van der Waals surface area contributed by atoms with Gasteiger partial charge in [-0.3, -0.25) is 0 Å². The van der Waals surface area contributed by atoms with E-state index < -0.39 is 0 Å². The molecule has 0 fully saturated rings. The minimum atomic E-state index is -0.136. The summed E-state index contributed by atoms with van der Waals surface area (Å²) in [6.45, 7) is 2.08. The molecule has 2 heterocycles.